The van der Waals surface area contributed by atoms with Crippen LogP contribution in [0.4, 0.5) is 18.9 Å². The van der Waals surface area contributed by atoms with E-state index in [0.29, 0.717) is 5.56 Å². The summed E-state index contributed by atoms with van der Waals surface area (Å²) < 4.78 is 40.9. The molecule has 0 fully saturated rings. The van der Waals surface area contributed by atoms with Gasteiger partial charge in [0.15, 0.2) is 6.61 Å². The number of benzene rings is 1. The van der Waals surface area contributed by atoms with E-state index in [9.17, 15) is 18.0 Å². The Kier molecular flexibility index (Phi) is 4.17. The number of fused-ring (bicyclic) bond motifs is 1. The second-order valence-electron chi connectivity index (χ2n) is 5.65. The van der Waals surface area contributed by atoms with Gasteiger partial charge in [0.2, 0.25) is 5.88 Å². The number of carbonyl (C=O) groups excluding carboxylic acids is 1. The van der Waals surface area contributed by atoms with E-state index in [1.165, 1.54) is 18.3 Å². The zero-order valence-corrected chi connectivity index (χ0v) is 12.9. The fraction of sp³-hybridized carbons (Fsp3) is 0.294. The summed E-state index contributed by atoms with van der Waals surface area (Å²) >= 11 is 0. The third kappa shape index (κ3) is 3.34. The SMILES string of the molecule is C[C@H]1Cc2ccccc2N1C(=O)c1ccc(OCC(F)(F)F)nc1. The van der Waals surface area contributed by atoms with Crippen molar-refractivity contribution in [1.29, 1.82) is 0 Å². The molecule has 0 aliphatic carbocycles. The fourth-order valence-electron chi connectivity index (χ4n) is 2.76. The number of pyridine rings is 1. The Morgan fingerprint density at radius 2 is 2.04 bits per heavy atom. The van der Waals surface area contributed by atoms with Crippen molar-refractivity contribution in [1.82, 2.24) is 4.98 Å². The van der Waals surface area contributed by atoms with Crippen LogP contribution in [0.5, 0.6) is 5.88 Å². The van der Waals surface area contributed by atoms with E-state index < -0.39 is 12.8 Å². The van der Waals surface area contributed by atoms with Crippen LogP contribution in [-0.2, 0) is 6.42 Å². The van der Waals surface area contributed by atoms with Crippen LogP contribution in [0, 0.1) is 0 Å². The summed E-state index contributed by atoms with van der Waals surface area (Å²) in [5, 5.41) is 0. The number of rotatable bonds is 3. The summed E-state index contributed by atoms with van der Waals surface area (Å²) in [7, 11) is 0. The summed E-state index contributed by atoms with van der Waals surface area (Å²) in [6, 6.07) is 10.4. The normalized spacial score (nSPS) is 16.8. The first-order chi connectivity index (χ1) is 11.3. The lowest BCUT2D eigenvalue weighted by Crippen LogP contribution is -2.35. The number of halogens is 3. The van der Waals surface area contributed by atoms with Crippen molar-refractivity contribution in [2.75, 3.05) is 11.5 Å². The first-order valence-electron chi connectivity index (χ1n) is 7.42. The molecule has 0 unspecified atom stereocenters. The number of amides is 1. The second kappa shape index (κ2) is 6.14. The van der Waals surface area contributed by atoms with Gasteiger partial charge in [0.1, 0.15) is 0 Å². The number of anilines is 1. The van der Waals surface area contributed by atoms with Crippen LogP contribution >= 0.6 is 0 Å². The Morgan fingerprint density at radius 1 is 1.29 bits per heavy atom. The molecule has 24 heavy (non-hydrogen) atoms. The molecule has 0 bridgehead atoms. The Hall–Kier alpha value is -2.57. The molecule has 1 aromatic carbocycles. The van der Waals surface area contributed by atoms with Crippen LogP contribution in [0.2, 0.25) is 0 Å². The molecule has 0 radical (unpaired) electrons. The fourth-order valence-corrected chi connectivity index (χ4v) is 2.76. The van der Waals surface area contributed by atoms with E-state index in [2.05, 4.69) is 9.72 Å². The summed E-state index contributed by atoms with van der Waals surface area (Å²) in [6.45, 7) is 0.538. The van der Waals surface area contributed by atoms with Crippen LogP contribution in [0.1, 0.15) is 22.8 Å². The van der Waals surface area contributed by atoms with Crippen LogP contribution in [0.3, 0.4) is 0 Å². The molecule has 0 saturated heterocycles. The number of nitrogens with zero attached hydrogens (tertiary/aromatic N) is 2. The number of carbonyl (C=O) groups is 1. The third-order valence-electron chi connectivity index (χ3n) is 3.79. The predicted octanol–water partition coefficient (Wildman–Crippen LogP) is 3.61. The number of aromatic nitrogens is 1. The molecule has 1 aliphatic rings. The Labute approximate surface area is 136 Å². The van der Waals surface area contributed by atoms with E-state index in [0.717, 1.165) is 17.7 Å². The number of hydrogen-bond donors (Lipinski definition) is 0. The minimum atomic E-state index is -4.43. The second-order valence-corrected chi connectivity index (χ2v) is 5.65. The highest BCUT2D eigenvalue weighted by atomic mass is 19.4. The quantitative estimate of drug-likeness (QED) is 0.860. The van der Waals surface area contributed by atoms with Gasteiger partial charge >= 0.3 is 6.18 Å². The zero-order valence-electron chi connectivity index (χ0n) is 12.9. The van der Waals surface area contributed by atoms with Crippen molar-refractivity contribution in [3.63, 3.8) is 0 Å². The first-order valence-corrected chi connectivity index (χ1v) is 7.42. The van der Waals surface area contributed by atoms with Gasteiger partial charge in [-0.3, -0.25) is 4.79 Å². The lowest BCUT2D eigenvalue weighted by atomic mass is 10.1. The molecule has 2 aromatic rings. The van der Waals surface area contributed by atoms with Crippen molar-refractivity contribution in [3.05, 3.63) is 53.7 Å². The largest absolute Gasteiger partial charge is 0.468 e. The maximum Gasteiger partial charge on any atom is 0.422 e. The van der Waals surface area contributed by atoms with Gasteiger partial charge in [0, 0.05) is 24.0 Å². The maximum absolute atomic E-state index is 12.7. The van der Waals surface area contributed by atoms with Gasteiger partial charge in [-0.25, -0.2) is 4.98 Å². The van der Waals surface area contributed by atoms with E-state index in [1.807, 2.05) is 31.2 Å². The molecule has 2 heterocycles. The Morgan fingerprint density at radius 3 is 2.71 bits per heavy atom. The molecule has 7 heteroatoms. The van der Waals surface area contributed by atoms with Crippen molar-refractivity contribution in [2.45, 2.75) is 25.6 Å². The minimum Gasteiger partial charge on any atom is -0.468 e. The van der Waals surface area contributed by atoms with E-state index in [-0.39, 0.29) is 17.8 Å². The number of hydrogen-bond acceptors (Lipinski definition) is 3. The highest BCUT2D eigenvalue weighted by molar-refractivity contribution is 6.07. The molecule has 0 N–H and O–H groups in total. The van der Waals surface area contributed by atoms with E-state index >= 15 is 0 Å². The first kappa shape index (κ1) is 16.3. The molecule has 1 aromatic heterocycles. The standard InChI is InChI=1S/C17H15F3N2O2/c1-11-8-12-4-2-3-5-14(12)22(11)16(23)13-6-7-15(21-9-13)24-10-17(18,19)20/h2-7,9,11H,8,10H2,1H3/t11-/m0/s1. The van der Waals surface area contributed by atoms with Gasteiger partial charge in [-0.05, 0) is 31.0 Å². The zero-order chi connectivity index (χ0) is 17.3. The summed E-state index contributed by atoms with van der Waals surface area (Å²) in [6.07, 6.45) is -2.42. The van der Waals surface area contributed by atoms with Crippen LogP contribution < -0.4 is 9.64 Å². The summed E-state index contributed by atoms with van der Waals surface area (Å²) in [5.41, 5.74) is 2.25. The lowest BCUT2D eigenvalue weighted by Gasteiger charge is -2.22. The highest BCUT2D eigenvalue weighted by Gasteiger charge is 2.31. The van der Waals surface area contributed by atoms with Gasteiger partial charge in [-0.15, -0.1) is 0 Å². The molecule has 0 saturated carbocycles. The molecule has 0 spiro atoms. The van der Waals surface area contributed by atoms with Gasteiger partial charge in [0.25, 0.3) is 5.91 Å². The number of alkyl halides is 3. The average molecular weight is 336 g/mol. The van der Waals surface area contributed by atoms with Crippen LogP contribution in [0.15, 0.2) is 42.6 Å². The molecule has 1 aliphatic heterocycles. The summed E-state index contributed by atoms with van der Waals surface area (Å²) in [4.78, 5) is 18.2. The number of ether oxygens (including phenoxy) is 1. The predicted molar refractivity (Wildman–Crippen MR) is 82.2 cm³/mol. The average Bonchev–Trinajstić information content (AvgIpc) is 2.88. The lowest BCUT2D eigenvalue weighted by molar-refractivity contribution is -0.154. The van der Waals surface area contributed by atoms with E-state index in [1.54, 1.807) is 4.90 Å². The molecule has 3 rings (SSSR count). The van der Waals surface area contributed by atoms with Crippen LogP contribution in [0.25, 0.3) is 0 Å². The Bertz CT molecular complexity index is 744. The maximum atomic E-state index is 12.7. The van der Waals surface area contributed by atoms with Gasteiger partial charge in [-0.2, -0.15) is 13.2 Å². The van der Waals surface area contributed by atoms with Gasteiger partial charge in [0.05, 0.1) is 5.56 Å². The Balaban J connectivity index is 1.76. The third-order valence-corrected chi connectivity index (χ3v) is 3.79. The summed E-state index contributed by atoms with van der Waals surface area (Å²) in [5.74, 6) is -0.402. The highest BCUT2D eigenvalue weighted by Crippen LogP contribution is 2.33. The van der Waals surface area contributed by atoms with E-state index in [4.69, 9.17) is 0 Å². The van der Waals surface area contributed by atoms with Gasteiger partial charge in [-0.1, -0.05) is 18.2 Å². The molecule has 1 atom stereocenters. The smallest absolute Gasteiger partial charge is 0.422 e. The topological polar surface area (TPSA) is 42.4 Å². The molecular formula is C17H15F3N2O2. The van der Waals surface area contributed by atoms with Crippen molar-refractivity contribution in [3.8, 4) is 5.88 Å². The van der Waals surface area contributed by atoms with Crippen molar-refractivity contribution in [2.24, 2.45) is 0 Å². The van der Waals surface area contributed by atoms with Gasteiger partial charge < -0.3 is 9.64 Å². The molecule has 1 amide bonds. The monoisotopic (exact) mass is 336 g/mol. The van der Waals surface area contributed by atoms with Crippen molar-refractivity contribution < 1.29 is 22.7 Å². The minimum absolute atomic E-state index is 0.0102. The molecule has 4 nitrogen and oxygen atoms in total. The van der Waals surface area contributed by atoms with Crippen LogP contribution in [-0.4, -0.2) is 29.7 Å². The number of para-hydroxylation sites is 1. The van der Waals surface area contributed by atoms with Crippen molar-refractivity contribution >= 4 is 11.6 Å². The molecular weight excluding hydrogens is 321 g/mol. The molecule has 126 valence electrons.